The lowest BCUT2D eigenvalue weighted by molar-refractivity contribution is 0.274. The molecule has 2 heterocycles. The van der Waals surface area contributed by atoms with E-state index in [0.29, 0.717) is 0 Å². The first-order valence-electron chi connectivity index (χ1n) is 5.90. The van der Waals surface area contributed by atoms with E-state index in [1.54, 1.807) is 0 Å². The largest absolute Gasteiger partial charge is 0.313 e. The highest BCUT2D eigenvalue weighted by Crippen LogP contribution is 2.41. The highest BCUT2D eigenvalue weighted by atomic mass is 15.0. The van der Waals surface area contributed by atoms with Crippen molar-refractivity contribution in [3.8, 4) is 0 Å². The Hall–Kier alpha value is -0.890. The Bertz CT molecular complexity index is 374. The van der Waals surface area contributed by atoms with E-state index in [1.807, 2.05) is 0 Å². The molecule has 1 aliphatic heterocycles. The third-order valence-electron chi connectivity index (χ3n) is 4.17. The maximum atomic E-state index is 4.47. The highest BCUT2D eigenvalue weighted by molar-refractivity contribution is 5.27. The predicted molar refractivity (Wildman–Crippen MR) is 61.0 cm³/mol. The van der Waals surface area contributed by atoms with Crippen LogP contribution in [0.25, 0.3) is 0 Å². The van der Waals surface area contributed by atoms with Crippen LogP contribution in [0.1, 0.15) is 35.6 Å². The van der Waals surface area contributed by atoms with Gasteiger partial charge in [-0.2, -0.15) is 0 Å². The number of nitrogens with one attached hydrogen (secondary N) is 1. The Labute approximate surface area is 91.1 Å². The number of aryl methyl sites for hydroxylation is 2. The van der Waals surface area contributed by atoms with Crippen LogP contribution in [0.15, 0.2) is 12.3 Å². The molecular formula is C13H18N2. The summed E-state index contributed by atoms with van der Waals surface area (Å²) in [5, 5.41) is 3.51. The molecule has 1 aliphatic carbocycles. The van der Waals surface area contributed by atoms with Gasteiger partial charge in [0.05, 0.1) is 0 Å². The number of fused-ring (bicyclic) bond motifs is 1. The zero-order valence-corrected chi connectivity index (χ0v) is 9.46. The second kappa shape index (κ2) is 3.31. The molecule has 3 rings (SSSR count). The summed E-state index contributed by atoms with van der Waals surface area (Å²) in [4.78, 5) is 4.47. The fourth-order valence-electron chi connectivity index (χ4n) is 2.90. The molecule has 1 aromatic heterocycles. The Morgan fingerprint density at radius 3 is 2.73 bits per heavy atom. The number of pyridine rings is 1. The van der Waals surface area contributed by atoms with Gasteiger partial charge in [0.2, 0.25) is 0 Å². The molecule has 3 atom stereocenters. The van der Waals surface area contributed by atoms with Crippen LogP contribution < -0.4 is 5.32 Å². The first-order chi connectivity index (χ1) is 7.24. The number of hydrogen-bond acceptors (Lipinski definition) is 2. The van der Waals surface area contributed by atoms with Gasteiger partial charge in [0.25, 0.3) is 0 Å². The number of nitrogens with zero attached hydrogens (tertiary/aromatic N) is 1. The summed E-state index contributed by atoms with van der Waals surface area (Å²) in [6.45, 7) is 5.48. The highest BCUT2D eigenvalue weighted by Gasteiger charge is 2.40. The van der Waals surface area contributed by atoms with Crippen LogP contribution in [0.5, 0.6) is 0 Å². The fourth-order valence-corrected chi connectivity index (χ4v) is 2.90. The molecular weight excluding hydrogens is 184 g/mol. The Morgan fingerprint density at radius 2 is 2.20 bits per heavy atom. The summed E-state index contributed by atoms with van der Waals surface area (Å²) < 4.78 is 0. The number of hydrogen-bond donors (Lipinski definition) is 1. The Balaban J connectivity index is 1.84. The van der Waals surface area contributed by atoms with E-state index >= 15 is 0 Å². The van der Waals surface area contributed by atoms with Gasteiger partial charge in [0.15, 0.2) is 0 Å². The van der Waals surface area contributed by atoms with Gasteiger partial charge >= 0.3 is 0 Å². The van der Waals surface area contributed by atoms with E-state index in [9.17, 15) is 0 Å². The van der Waals surface area contributed by atoms with Crippen molar-refractivity contribution < 1.29 is 0 Å². The maximum Gasteiger partial charge on any atom is 0.0401 e. The minimum Gasteiger partial charge on any atom is -0.313 e. The van der Waals surface area contributed by atoms with Crippen LogP contribution in [-0.4, -0.2) is 17.6 Å². The first kappa shape index (κ1) is 9.34. The Morgan fingerprint density at radius 1 is 1.33 bits per heavy atom. The van der Waals surface area contributed by atoms with E-state index in [4.69, 9.17) is 0 Å². The van der Waals surface area contributed by atoms with Gasteiger partial charge in [-0.1, -0.05) is 6.07 Å². The van der Waals surface area contributed by atoms with Gasteiger partial charge in [0, 0.05) is 17.9 Å². The molecule has 1 aromatic rings. The standard InChI is InChI=1S/C13H18N2/c1-8-3-11(6-14-9(8)2)10-4-12-7-15-13(12)5-10/h3,6,10,12-13,15H,4-5,7H2,1-2H3/t10?,12-,13-/m1/s1. The van der Waals surface area contributed by atoms with Crippen molar-refractivity contribution in [3.63, 3.8) is 0 Å². The second-order valence-corrected chi connectivity index (χ2v) is 5.11. The van der Waals surface area contributed by atoms with Gasteiger partial charge in [-0.15, -0.1) is 0 Å². The average Bonchev–Trinajstić information content (AvgIpc) is 2.48. The molecule has 15 heavy (non-hydrogen) atoms. The lowest BCUT2D eigenvalue weighted by atomic mass is 9.95. The molecule has 1 saturated heterocycles. The van der Waals surface area contributed by atoms with E-state index in [2.05, 4.69) is 36.4 Å². The van der Waals surface area contributed by atoms with Crippen molar-refractivity contribution >= 4 is 0 Å². The monoisotopic (exact) mass is 202 g/mol. The summed E-state index contributed by atoms with van der Waals surface area (Å²) >= 11 is 0. The van der Waals surface area contributed by atoms with Gasteiger partial charge in [-0.25, -0.2) is 0 Å². The van der Waals surface area contributed by atoms with Crippen LogP contribution in [0.3, 0.4) is 0 Å². The quantitative estimate of drug-likeness (QED) is 0.755. The van der Waals surface area contributed by atoms with Crippen molar-refractivity contribution in [2.75, 3.05) is 6.54 Å². The zero-order chi connectivity index (χ0) is 10.4. The number of rotatable bonds is 1. The van der Waals surface area contributed by atoms with Gasteiger partial charge in [0.1, 0.15) is 0 Å². The van der Waals surface area contributed by atoms with Gasteiger partial charge in [-0.3, -0.25) is 4.98 Å². The van der Waals surface area contributed by atoms with E-state index < -0.39 is 0 Å². The lowest BCUT2D eigenvalue weighted by Gasteiger charge is -2.31. The van der Waals surface area contributed by atoms with Crippen molar-refractivity contribution in [2.45, 2.75) is 38.6 Å². The van der Waals surface area contributed by atoms with E-state index in [0.717, 1.165) is 23.6 Å². The Kier molecular flexibility index (Phi) is 2.06. The van der Waals surface area contributed by atoms with Crippen LogP contribution in [0.4, 0.5) is 0 Å². The first-order valence-corrected chi connectivity index (χ1v) is 5.90. The minimum absolute atomic E-state index is 0.752. The summed E-state index contributed by atoms with van der Waals surface area (Å²) in [5.41, 5.74) is 3.95. The molecule has 2 fully saturated rings. The fraction of sp³-hybridized carbons (Fsp3) is 0.615. The smallest absolute Gasteiger partial charge is 0.0401 e. The molecule has 80 valence electrons. The minimum atomic E-state index is 0.752. The molecule has 2 nitrogen and oxygen atoms in total. The summed E-state index contributed by atoms with van der Waals surface area (Å²) in [6, 6.07) is 3.13. The molecule has 0 amide bonds. The molecule has 0 bridgehead atoms. The summed E-state index contributed by atoms with van der Waals surface area (Å²) in [6.07, 6.45) is 4.76. The predicted octanol–water partition coefficient (Wildman–Crippen LogP) is 2.16. The molecule has 1 saturated carbocycles. The maximum absolute atomic E-state index is 4.47. The topological polar surface area (TPSA) is 24.9 Å². The molecule has 0 spiro atoms. The second-order valence-electron chi connectivity index (χ2n) is 5.11. The normalized spacial score (nSPS) is 33.6. The molecule has 1 unspecified atom stereocenters. The van der Waals surface area contributed by atoms with Crippen molar-refractivity contribution in [1.29, 1.82) is 0 Å². The lowest BCUT2D eigenvalue weighted by Crippen LogP contribution is -2.49. The SMILES string of the molecule is Cc1cc(C2C[C@@H]3CN[C@@H]3C2)cnc1C. The van der Waals surface area contributed by atoms with Crippen LogP contribution in [0.2, 0.25) is 0 Å². The van der Waals surface area contributed by atoms with Crippen LogP contribution >= 0.6 is 0 Å². The van der Waals surface area contributed by atoms with Crippen molar-refractivity contribution in [2.24, 2.45) is 5.92 Å². The van der Waals surface area contributed by atoms with E-state index in [-0.39, 0.29) is 0 Å². The van der Waals surface area contributed by atoms with Crippen LogP contribution in [-0.2, 0) is 0 Å². The van der Waals surface area contributed by atoms with Gasteiger partial charge < -0.3 is 5.32 Å². The van der Waals surface area contributed by atoms with Crippen LogP contribution in [0, 0.1) is 19.8 Å². The zero-order valence-electron chi connectivity index (χ0n) is 9.46. The summed E-state index contributed by atoms with van der Waals surface area (Å²) in [7, 11) is 0. The third kappa shape index (κ3) is 1.48. The summed E-state index contributed by atoms with van der Waals surface area (Å²) in [5.74, 6) is 1.69. The molecule has 2 heteroatoms. The molecule has 0 radical (unpaired) electrons. The average molecular weight is 202 g/mol. The third-order valence-corrected chi connectivity index (χ3v) is 4.17. The van der Waals surface area contributed by atoms with Gasteiger partial charge in [-0.05, 0) is 56.2 Å². The van der Waals surface area contributed by atoms with Crippen molar-refractivity contribution in [3.05, 3.63) is 29.1 Å². The molecule has 2 aliphatic rings. The van der Waals surface area contributed by atoms with E-state index in [1.165, 1.54) is 30.5 Å². The number of aromatic nitrogens is 1. The molecule has 1 N–H and O–H groups in total. The van der Waals surface area contributed by atoms with Crippen molar-refractivity contribution in [1.82, 2.24) is 10.3 Å². The molecule has 0 aromatic carbocycles.